The molecule has 1 unspecified atom stereocenters. The topological polar surface area (TPSA) is 88.5 Å². The van der Waals surface area contributed by atoms with E-state index in [0.717, 1.165) is 10.4 Å². The average molecular weight is 252 g/mol. The van der Waals surface area contributed by atoms with Crippen LogP contribution in [0.5, 0.6) is 0 Å². The molecule has 0 radical (unpaired) electrons. The predicted octanol–water partition coefficient (Wildman–Crippen LogP) is 1.89. The van der Waals surface area contributed by atoms with Gasteiger partial charge in [-0.2, -0.15) is 0 Å². The van der Waals surface area contributed by atoms with Gasteiger partial charge in [0.25, 0.3) is 6.49 Å². The average Bonchev–Trinajstić information content (AvgIpc) is 2.84. The predicted molar refractivity (Wildman–Crippen MR) is 53.4 cm³/mol. The van der Waals surface area contributed by atoms with E-state index >= 15 is 0 Å². The first kappa shape index (κ1) is 11.7. The van der Waals surface area contributed by atoms with Crippen LogP contribution in [0, 0.1) is 0 Å². The highest BCUT2D eigenvalue weighted by molar-refractivity contribution is 8.99. The lowest BCUT2D eigenvalue weighted by Crippen LogP contribution is -1.85. The molecule has 76 valence electrons. The van der Waals surface area contributed by atoms with E-state index in [1.807, 2.05) is 0 Å². The molecule has 0 saturated carbocycles. The molecule has 9 heteroatoms. The fourth-order valence-corrected chi connectivity index (χ4v) is 5.97. The third-order valence-electron chi connectivity index (χ3n) is 1.40. The second-order valence-corrected chi connectivity index (χ2v) is 8.44. The first-order chi connectivity index (χ1) is 6.64. The quantitative estimate of drug-likeness (QED) is 0.185. The van der Waals surface area contributed by atoms with Crippen LogP contribution in [0.2, 0.25) is 0 Å². The summed E-state index contributed by atoms with van der Waals surface area (Å²) in [4.78, 5) is 19.8. The lowest BCUT2D eigenvalue weighted by molar-refractivity contribution is 0.407. The van der Waals surface area contributed by atoms with Crippen LogP contribution >= 0.6 is 27.9 Å². The summed E-state index contributed by atoms with van der Waals surface area (Å²) in [6, 6.07) is 0. The highest BCUT2D eigenvalue weighted by atomic mass is 33.3. The summed E-state index contributed by atoms with van der Waals surface area (Å²) < 4.78 is 23.2. The molecule has 1 saturated heterocycles. The van der Waals surface area contributed by atoms with Gasteiger partial charge in [-0.25, -0.2) is 9.59 Å². The summed E-state index contributed by atoms with van der Waals surface area (Å²) in [6.07, 6.45) is 2.31. The molecule has 1 rings (SSSR count). The Morgan fingerprint density at radius 2 is 2.07 bits per heavy atom. The molecular weight excluding hydrogens is 247 g/mol. The van der Waals surface area contributed by atoms with Crippen LogP contribution in [0.4, 0.5) is 0 Å². The zero-order valence-electron chi connectivity index (χ0n) is 6.95. The van der Waals surface area contributed by atoms with E-state index in [1.165, 1.54) is 12.2 Å². The van der Waals surface area contributed by atoms with Crippen molar-refractivity contribution in [2.75, 3.05) is 0 Å². The summed E-state index contributed by atoms with van der Waals surface area (Å²) in [6.45, 7) is -1.47. The van der Waals surface area contributed by atoms with Crippen molar-refractivity contribution in [2.45, 2.75) is 18.9 Å². The molecule has 1 heterocycles. The van der Waals surface area contributed by atoms with Gasteiger partial charge in [-0.05, 0) is 6.92 Å². The highest BCUT2D eigenvalue weighted by Gasteiger charge is 2.51. The highest BCUT2D eigenvalue weighted by Crippen LogP contribution is 2.73. The number of ether oxygens (including phenoxy) is 1. The van der Waals surface area contributed by atoms with Crippen LogP contribution in [0.1, 0.15) is 6.92 Å². The maximum Gasteiger partial charge on any atom is 0.296 e. The van der Waals surface area contributed by atoms with Crippen molar-refractivity contribution in [3.05, 3.63) is 0 Å². The summed E-state index contributed by atoms with van der Waals surface area (Å²) in [5.41, 5.74) is 0. The van der Waals surface area contributed by atoms with E-state index in [9.17, 15) is 14.2 Å². The first-order valence-electron chi connectivity index (χ1n) is 3.41. The molecule has 0 aromatic carbocycles. The number of hydrogen-bond donors (Lipinski definition) is 0. The van der Waals surface area contributed by atoms with Crippen molar-refractivity contribution >= 4 is 40.0 Å². The van der Waals surface area contributed by atoms with Crippen molar-refractivity contribution in [1.82, 2.24) is 0 Å². The molecule has 0 amide bonds. The summed E-state index contributed by atoms with van der Waals surface area (Å²) in [5, 5.41) is 0. The SMILES string of the molecule is C[C@H]1O[C@H]1P(=O)(N=C=O)SSN=C=O. The first-order valence-corrected chi connectivity index (χ1v) is 7.85. The van der Waals surface area contributed by atoms with Gasteiger partial charge in [0.2, 0.25) is 12.2 Å². The minimum atomic E-state index is -3.18. The fourth-order valence-electron chi connectivity index (χ4n) is 0.769. The standard InChI is InChI=1S/C5H5N2O4PS2/c1-4-5(11-4)12(10,6-2-8)14-13-7-3-9/h4-5H,1H3/t4-,5+,12?/m1/s1. The van der Waals surface area contributed by atoms with Gasteiger partial charge < -0.3 is 4.74 Å². The van der Waals surface area contributed by atoms with Crippen molar-refractivity contribution < 1.29 is 18.9 Å². The van der Waals surface area contributed by atoms with Crippen LogP contribution in [-0.4, -0.2) is 24.1 Å². The molecular formula is C5H5N2O4PS2. The minimum absolute atomic E-state index is 0.189. The van der Waals surface area contributed by atoms with E-state index in [1.54, 1.807) is 6.92 Å². The van der Waals surface area contributed by atoms with Gasteiger partial charge in [0.05, 0.1) is 17.1 Å². The van der Waals surface area contributed by atoms with Crippen molar-refractivity contribution in [3.8, 4) is 0 Å². The Hall–Kier alpha value is -0.350. The number of nitrogens with zero attached hydrogens (tertiary/aromatic N) is 2. The number of epoxide rings is 1. The van der Waals surface area contributed by atoms with E-state index in [2.05, 4.69) is 9.16 Å². The number of rotatable bonds is 5. The summed E-state index contributed by atoms with van der Waals surface area (Å²) in [7, 11) is 1.41. The minimum Gasteiger partial charge on any atom is -0.359 e. The number of isocyanates is 2. The third-order valence-corrected chi connectivity index (χ3v) is 7.82. The Morgan fingerprint density at radius 3 is 2.50 bits per heavy atom. The van der Waals surface area contributed by atoms with Gasteiger partial charge in [-0.1, -0.05) is 0 Å². The second kappa shape index (κ2) is 4.94. The molecule has 3 atom stereocenters. The molecule has 0 N–H and O–H groups in total. The van der Waals surface area contributed by atoms with Gasteiger partial charge >= 0.3 is 0 Å². The molecule has 0 bridgehead atoms. The number of carbonyl (C=O) groups excluding carboxylic acids is 2. The molecule has 6 nitrogen and oxygen atoms in total. The van der Waals surface area contributed by atoms with Gasteiger partial charge in [-0.15, -0.1) is 9.16 Å². The summed E-state index contributed by atoms with van der Waals surface area (Å²) in [5.74, 6) is -0.566. The van der Waals surface area contributed by atoms with Crippen LogP contribution in [0.15, 0.2) is 9.16 Å². The molecule has 0 aromatic heterocycles. The zero-order valence-corrected chi connectivity index (χ0v) is 9.47. The van der Waals surface area contributed by atoms with E-state index in [0.29, 0.717) is 11.0 Å². The van der Waals surface area contributed by atoms with Crippen molar-refractivity contribution in [2.24, 2.45) is 9.16 Å². The Kier molecular flexibility index (Phi) is 4.13. The van der Waals surface area contributed by atoms with E-state index < -0.39 is 12.3 Å². The van der Waals surface area contributed by atoms with Crippen LogP contribution in [0.25, 0.3) is 0 Å². The summed E-state index contributed by atoms with van der Waals surface area (Å²) >= 11 is 0. The Morgan fingerprint density at radius 1 is 1.43 bits per heavy atom. The largest absolute Gasteiger partial charge is 0.359 e. The molecule has 0 aromatic rings. The number of hydrogen-bond acceptors (Lipinski definition) is 7. The second-order valence-electron chi connectivity index (χ2n) is 2.32. The van der Waals surface area contributed by atoms with Crippen molar-refractivity contribution in [3.63, 3.8) is 0 Å². The van der Waals surface area contributed by atoms with Gasteiger partial charge in [0, 0.05) is 10.4 Å². The maximum absolute atomic E-state index is 11.9. The maximum atomic E-state index is 11.9. The van der Waals surface area contributed by atoms with Crippen LogP contribution in [0.3, 0.4) is 0 Å². The lowest BCUT2D eigenvalue weighted by Gasteiger charge is -2.02. The normalized spacial score (nSPS) is 28.1. The Labute approximate surface area is 87.3 Å². The fraction of sp³-hybridized carbons (Fsp3) is 0.600. The Balaban J connectivity index is 2.67. The van der Waals surface area contributed by atoms with Crippen molar-refractivity contribution in [1.29, 1.82) is 0 Å². The molecule has 1 aliphatic rings. The third kappa shape index (κ3) is 2.82. The smallest absolute Gasteiger partial charge is 0.296 e. The molecule has 1 fully saturated rings. The van der Waals surface area contributed by atoms with E-state index in [-0.39, 0.29) is 6.10 Å². The van der Waals surface area contributed by atoms with Gasteiger partial charge in [0.1, 0.15) is 0 Å². The monoisotopic (exact) mass is 252 g/mol. The van der Waals surface area contributed by atoms with E-state index in [4.69, 9.17) is 4.74 Å². The molecule has 0 spiro atoms. The van der Waals surface area contributed by atoms with Gasteiger partial charge in [0.15, 0.2) is 5.85 Å². The zero-order chi connectivity index (χ0) is 10.6. The van der Waals surface area contributed by atoms with Gasteiger partial charge in [-0.3, -0.25) is 4.57 Å². The van der Waals surface area contributed by atoms with Crippen LogP contribution < -0.4 is 0 Å². The molecule has 0 aliphatic carbocycles. The van der Waals surface area contributed by atoms with Crippen LogP contribution in [-0.2, 0) is 18.9 Å². The lowest BCUT2D eigenvalue weighted by atomic mass is 10.6. The molecule has 1 aliphatic heterocycles. The molecule has 14 heavy (non-hydrogen) atoms. The Bertz CT molecular complexity index is 363.